The Morgan fingerprint density at radius 2 is 1.86 bits per heavy atom. The number of rotatable bonds is 3. The first-order valence-electron chi connectivity index (χ1n) is 8.80. The largest absolute Gasteiger partial charge is 0.416 e. The molecule has 0 bridgehead atoms. The van der Waals surface area contributed by atoms with E-state index in [4.69, 9.17) is 4.52 Å². The van der Waals surface area contributed by atoms with E-state index >= 15 is 0 Å². The highest BCUT2D eigenvalue weighted by Gasteiger charge is 2.35. The summed E-state index contributed by atoms with van der Waals surface area (Å²) in [5.41, 5.74) is 0.528. The zero-order valence-corrected chi connectivity index (χ0v) is 15.2. The third kappa shape index (κ3) is 3.72. The van der Waals surface area contributed by atoms with Crippen LogP contribution in [0.2, 0.25) is 0 Å². The van der Waals surface area contributed by atoms with Crippen LogP contribution in [0.25, 0.3) is 11.4 Å². The number of alkyl halides is 3. The predicted molar refractivity (Wildman–Crippen MR) is 95.6 cm³/mol. The van der Waals surface area contributed by atoms with E-state index in [1.165, 1.54) is 23.1 Å². The molecule has 1 atom stereocenters. The van der Waals surface area contributed by atoms with Crippen LogP contribution in [0.4, 0.5) is 23.2 Å². The van der Waals surface area contributed by atoms with E-state index in [2.05, 4.69) is 10.1 Å². The number of anilines is 1. The number of hydrogen-bond donors (Lipinski definition) is 0. The lowest BCUT2D eigenvalue weighted by molar-refractivity contribution is -0.137. The first-order chi connectivity index (χ1) is 13.7. The zero-order valence-electron chi connectivity index (χ0n) is 15.2. The Bertz CT molecular complexity index is 1060. The standard InChI is InChI=1S/C20H15F4N3O2/c1-11-2-7-15(9-16(11)21)27-10-13(8-17(27)28)19-25-18(26-29-19)12-3-5-14(6-4-12)20(22,23)24/h2-7,9,13H,8,10H2,1H3/t13-/m0/s1. The van der Waals surface area contributed by atoms with E-state index in [-0.39, 0.29) is 36.5 Å². The van der Waals surface area contributed by atoms with Crippen molar-refractivity contribution in [1.29, 1.82) is 0 Å². The highest BCUT2D eigenvalue weighted by Crippen LogP contribution is 2.33. The molecule has 29 heavy (non-hydrogen) atoms. The molecule has 1 aromatic heterocycles. The van der Waals surface area contributed by atoms with Gasteiger partial charge in [0.25, 0.3) is 0 Å². The van der Waals surface area contributed by atoms with Crippen molar-refractivity contribution in [3.05, 3.63) is 65.3 Å². The number of aromatic nitrogens is 2. The molecule has 0 unspecified atom stereocenters. The van der Waals surface area contributed by atoms with E-state index < -0.39 is 17.6 Å². The third-order valence-electron chi connectivity index (χ3n) is 4.85. The minimum absolute atomic E-state index is 0.115. The highest BCUT2D eigenvalue weighted by atomic mass is 19.4. The molecule has 1 saturated heterocycles. The summed E-state index contributed by atoms with van der Waals surface area (Å²) in [6.07, 6.45) is -4.31. The second-order valence-electron chi connectivity index (χ2n) is 6.87. The van der Waals surface area contributed by atoms with Gasteiger partial charge in [0, 0.05) is 24.2 Å². The van der Waals surface area contributed by atoms with Crippen molar-refractivity contribution in [3.8, 4) is 11.4 Å². The van der Waals surface area contributed by atoms with E-state index in [9.17, 15) is 22.4 Å². The van der Waals surface area contributed by atoms with Crippen LogP contribution in [-0.2, 0) is 11.0 Å². The first-order valence-corrected chi connectivity index (χ1v) is 8.80. The second kappa shape index (κ2) is 6.98. The van der Waals surface area contributed by atoms with E-state index in [0.29, 0.717) is 16.8 Å². The molecule has 0 N–H and O–H groups in total. The molecule has 1 aliphatic rings. The zero-order chi connectivity index (χ0) is 20.8. The Morgan fingerprint density at radius 1 is 1.14 bits per heavy atom. The van der Waals surface area contributed by atoms with Crippen molar-refractivity contribution in [2.24, 2.45) is 0 Å². The van der Waals surface area contributed by atoms with Crippen molar-refractivity contribution in [2.45, 2.75) is 25.4 Å². The second-order valence-corrected chi connectivity index (χ2v) is 6.87. The number of carbonyl (C=O) groups excluding carboxylic acids is 1. The predicted octanol–water partition coefficient (Wildman–Crippen LogP) is 4.72. The van der Waals surface area contributed by atoms with Gasteiger partial charge in [-0.25, -0.2) is 4.39 Å². The Morgan fingerprint density at radius 3 is 2.52 bits per heavy atom. The summed E-state index contributed by atoms with van der Waals surface area (Å²) in [6, 6.07) is 8.98. The summed E-state index contributed by atoms with van der Waals surface area (Å²) < 4.78 is 57.1. The van der Waals surface area contributed by atoms with Gasteiger partial charge in [-0.15, -0.1) is 0 Å². The molecule has 1 fully saturated rings. The van der Waals surface area contributed by atoms with E-state index in [1.807, 2.05) is 0 Å². The van der Waals surface area contributed by atoms with Crippen molar-refractivity contribution >= 4 is 11.6 Å². The molecule has 0 spiro atoms. The Kier molecular flexibility index (Phi) is 4.60. The number of amides is 1. The van der Waals surface area contributed by atoms with Crippen molar-refractivity contribution < 1.29 is 26.9 Å². The fourth-order valence-electron chi connectivity index (χ4n) is 3.20. The van der Waals surface area contributed by atoms with Crippen LogP contribution < -0.4 is 4.90 Å². The van der Waals surface area contributed by atoms with Crippen LogP contribution in [0, 0.1) is 12.7 Å². The molecular formula is C20H15F4N3O2. The molecular weight excluding hydrogens is 390 g/mol. The van der Waals surface area contributed by atoms with Gasteiger partial charge in [-0.3, -0.25) is 4.79 Å². The van der Waals surface area contributed by atoms with Crippen molar-refractivity contribution in [3.63, 3.8) is 0 Å². The topological polar surface area (TPSA) is 59.2 Å². The van der Waals surface area contributed by atoms with Gasteiger partial charge in [0.2, 0.25) is 17.6 Å². The van der Waals surface area contributed by atoms with Crippen LogP contribution in [0.1, 0.15) is 29.4 Å². The first kappa shape index (κ1) is 19.1. The number of halogens is 4. The minimum Gasteiger partial charge on any atom is -0.339 e. The Labute approximate surface area is 162 Å². The quantitative estimate of drug-likeness (QED) is 0.592. The number of benzene rings is 2. The molecule has 1 aliphatic heterocycles. The normalized spacial score (nSPS) is 17.2. The number of nitrogens with zero attached hydrogens (tertiary/aromatic N) is 3. The fraction of sp³-hybridized carbons (Fsp3) is 0.250. The van der Waals surface area contributed by atoms with Gasteiger partial charge in [-0.05, 0) is 36.8 Å². The lowest BCUT2D eigenvalue weighted by atomic mass is 10.1. The molecule has 2 heterocycles. The summed E-state index contributed by atoms with van der Waals surface area (Å²) in [7, 11) is 0. The van der Waals surface area contributed by atoms with E-state index in [1.54, 1.807) is 19.1 Å². The summed E-state index contributed by atoms with van der Waals surface area (Å²) in [5, 5.41) is 3.81. The smallest absolute Gasteiger partial charge is 0.339 e. The van der Waals surface area contributed by atoms with E-state index in [0.717, 1.165) is 12.1 Å². The lowest BCUT2D eigenvalue weighted by Gasteiger charge is -2.16. The monoisotopic (exact) mass is 405 g/mol. The maximum Gasteiger partial charge on any atom is 0.416 e. The summed E-state index contributed by atoms with van der Waals surface area (Å²) in [4.78, 5) is 18.1. The molecule has 0 saturated carbocycles. The summed E-state index contributed by atoms with van der Waals surface area (Å²) in [6.45, 7) is 1.88. The average molecular weight is 405 g/mol. The van der Waals surface area contributed by atoms with Crippen LogP contribution >= 0.6 is 0 Å². The Balaban J connectivity index is 1.52. The molecule has 2 aromatic carbocycles. The average Bonchev–Trinajstić information content (AvgIpc) is 3.30. The maximum atomic E-state index is 13.8. The molecule has 9 heteroatoms. The molecule has 0 aliphatic carbocycles. The molecule has 5 nitrogen and oxygen atoms in total. The molecule has 0 radical (unpaired) electrons. The molecule has 3 aromatic rings. The highest BCUT2D eigenvalue weighted by molar-refractivity contribution is 5.96. The van der Waals surface area contributed by atoms with Gasteiger partial charge in [0.05, 0.1) is 11.5 Å². The molecule has 1 amide bonds. The van der Waals surface area contributed by atoms with Crippen LogP contribution in [0.3, 0.4) is 0 Å². The van der Waals surface area contributed by atoms with Crippen LogP contribution in [-0.4, -0.2) is 22.6 Å². The van der Waals surface area contributed by atoms with Crippen LogP contribution in [0.5, 0.6) is 0 Å². The summed E-state index contributed by atoms with van der Waals surface area (Å²) >= 11 is 0. The summed E-state index contributed by atoms with van der Waals surface area (Å²) in [5.74, 6) is -0.638. The van der Waals surface area contributed by atoms with Crippen molar-refractivity contribution in [1.82, 2.24) is 10.1 Å². The Hall–Kier alpha value is -3.23. The number of carbonyl (C=O) groups is 1. The fourth-order valence-corrected chi connectivity index (χ4v) is 3.20. The molecule has 150 valence electrons. The maximum absolute atomic E-state index is 13.8. The SMILES string of the molecule is Cc1ccc(N2C[C@@H](c3nc(-c4ccc(C(F)(F)F)cc4)no3)CC2=O)cc1F. The number of hydrogen-bond acceptors (Lipinski definition) is 4. The molecule has 4 rings (SSSR count). The van der Waals surface area contributed by atoms with Crippen LogP contribution in [0.15, 0.2) is 47.0 Å². The number of aryl methyl sites for hydroxylation is 1. The minimum atomic E-state index is -4.43. The van der Waals surface area contributed by atoms with Gasteiger partial charge in [-0.1, -0.05) is 23.4 Å². The third-order valence-corrected chi connectivity index (χ3v) is 4.85. The lowest BCUT2D eigenvalue weighted by Crippen LogP contribution is -2.24. The van der Waals surface area contributed by atoms with Gasteiger partial charge >= 0.3 is 6.18 Å². The van der Waals surface area contributed by atoms with Crippen molar-refractivity contribution in [2.75, 3.05) is 11.4 Å². The van der Waals surface area contributed by atoms with Gasteiger partial charge in [0.15, 0.2) is 0 Å². The van der Waals surface area contributed by atoms with Gasteiger partial charge in [-0.2, -0.15) is 18.2 Å². The van der Waals surface area contributed by atoms with Gasteiger partial charge in [0.1, 0.15) is 5.82 Å². The van der Waals surface area contributed by atoms with Gasteiger partial charge < -0.3 is 9.42 Å².